The second-order valence-corrected chi connectivity index (χ2v) is 7.50. The molecule has 0 unspecified atom stereocenters. The van der Waals surface area contributed by atoms with Crippen molar-refractivity contribution in [1.29, 1.82) is 0 Å². The number of nitrogens with two attached hydrogens (primary N) is 3. The standard InChI is InChI=1S/C18H36O2.C3H6N6/c1-2-3-4-5-6-7-8-9-10-11-12-13-14-15-16-17-18(19)20;4-1-7-2(5)9-3(6)8-1/h2-17H2,1H3,(H,19,20);(H6,4,5,6,7,8,9). The average Bonchev–Trinajstić information content (AvgIpc) is 2.64. The molecule has 0 atom stereocenters. The number of unbranched alkanes of at least 4 members (excludes halogenated alkanes) is 14. The van der Waals surface area contributed by atoms with Crippen LogP contribution < -0.4 is 17.2 Å². The minimum absolute atomic E-state index is 0.0417. The van der Waals surface area contributed by atoms with Gasteiger partial charge < -0.3 is 22.3 Å². The number of carboxylic acids is 1. The van der Waals surface area contributed by atoms with Crippen LogP contribution in [0.5, 0.6) is 0 Å². The molecule has 29 heavy (non-hydrogen) atoms. The topological polar surface area (TPSA) is 154 Å². The SMILES string of the molecule is CCCCCCCCCCCCCCCCCC(=O)O.Nc1nc(N)nc(N)n1. The Balaban J connectivity index is 0.000000717. The fourth-order valence-corrected chi connectivity index (χ4v) is 3.07. The number of rotatable bonds is 16. The van der Waals surface area contributed by atoms with Crippen LogP contribution in [-0.4, -0.2) is 26.0 Å². The summed E-state index contributed by atoms with van der Waals surface area (Å²) in [5.74, 6) is -0.528. The van der Waals surface area contributed by atoms with Crippen molar-refractivity contribution in [1.82, 2.24) is 15.0 Å². The van der Waals surface area contributed by atoms with Crippen molar-refractivity contribution in [3.05, 3.63) is 0 Å². The van der Waals surface area contributed by atoms with Crippen molar-refractivity contribution in [2.24, 2.45) is 0 Å². The Bertz CT molecular complexity index is 477. The van der Waals surface area contributed by atoms with E-state index in [0.717, 1.165) is 12.8 Å². The maximum atomic E-state index is 10.3. The molecule has 0 aliphatic heterocycles. The first-order valence-corrected chi connectivity index (χ1v) is 11.2. The van der Waals surface area contributed by atoms with E-state index in [-0.39, 0.29) is 17.8 Å². The number of aromatic nitrogens is 3. The quantitative estimate of drug-likeness (QED) is 0.279. The second kappa shape index (κ2) is 19.2. The normalized spacial score (nSPS) is 10.4. The number of hydrogen-bond donors (Lipinski definition) is 4. The van der Waals surface area contributed by atoms with Crippen molar-refractivity contribution in [2.45, 2.75) is 110 Å². The van der Waals surface area contributed by atoms with Crippen molar-refractivity contribution in [2.75, 3.05) is 17.2 Å². The predicted octanol–water partition coefficient (Wildman–Crippen LogP) is 4.95. The van der Waals surface area contributed by atoms with Crippen LogP contribution in [0.15, 0.2) is 0 Å². The maximum Gasteiger partial charge on any atom is 0.303 e. The minimum Gasteiger partial charge on any atom is -0.481 e. The zero-order valence-corrected chi connectivity index (χ0v) is 18.2. The molecular weight excluding hydrogens is 368 g/mol. The minimum atomic E-state index is -0.653. The molecule has 0 amide bonds. The third kappa shape index (κ3) is 20.4. The van der Waals surface area contributed by atoms with E-state index >= 15 is 0 Å². The van der Waals surface area contributed by atoms with E-state index in [1.807, 2.05) is 0 Å². The highest BCUT2D eigenvalue weighted by Gasteiger charge is 1.97. The van der Waals surface area contributed by atoms with Gasteiger partial charge in [0.1, 0.15) is 0 Å². The highest BCUT2D eigenvalue weighted by atomic mass is 16.4. The molecule has 0 aliphatic carbocycles. The maximum absolute atomic E-state index is 10.3. The summed E-state index contributed by atoms with van der Waals surface area (Å²) in [6, 6.07) is 0. The monoisotopic (exact) mass is 410 g/mol. The molecule has 0 bridgehead atoms. The van der Waals surface area contributed by atoms with Crippen LogP contribution in [-0.2, 0) is 4.79 Å². The number of nitrogen functional groups attached to an aromatic ring is 3. The Hall–Kier alpha value is -2.12. The first kappa shape index (κ1) is 26.9. The second-order valence-electron chi connectivity index (χ2n) is 7.50. The van der Waals surface area contributed by atoms with Crippen molar-refractivity contribution in [3.8, 4) is 0 Å². The summed E-state index contributed by atoms with van der Waals surface area (Å²) < 4.78 is 0. The van der Waals surface area contributed by atoms with Gasteiger partial charge in [0.2, 0.25) is 17.8 Å². The van der Waals surface area contributed by atoms with Gasteiger partial charge in [0.15, 0.2) is 0 Å². The molecule has 1 aromatic heterocycles. The Morgan fingerprint density at radius 1 is 0.621 bits per heavy atom. The first-order valence-electron chi connectivity index (χ1n) is 11.2. The molecule has 168 valence electrons. The average molecular weight is 411 g/mol. The number of anilines is 3. The van der Waals surface area contributed by atoms with E-state index in [4.69, 9.17) is 22.3 Å². The van der Waals surface area contributed by atoms with E-state index in [1.165, 1.54) is 83.5 Å². The van der Waals surface area contributed by atoms with Gasteiger partial charge in [0.25, 0.3) is 0 Å². The Labute approximate surface area is 176 Å². The summed E-state index contributed by atoms with van der Waals surface area (Å²) in [5, 5.41) is 8.52. The Morgan fingerprint density at radius 2 is 0.897 bits per heavy atom. The number of carboxylic acid groups (broad SMARTS) is 1. The zero-order chi connectivity index (χ0) is 21.7. The lowest BCUT2D eigenvalue weighted by atomic mass is 10.0. The van der Waals surface area contributed by atoms with Gasteiger partial charge in [-0.15, -0.1) is 0 Å². The van der Waals surface area contributed by atoms with Crippen molar-refractivity contribution < 1.29 is 9.90 Å². The van der Waals surface area contributed by atoms with Gasteiger partial charge in [-0.1, -0.05) is 96.8 Å². The first-order chi connectivity index (χ1) is 14.0. The molecule has 0 aliphatic rings. The van der Waals surface area contributed by atoms with Crippen LogP contribution in [0, 0.1) is 0 Å². The molecule has 7 N–H and O–H groups in total. The van der Waals surface area contributed by atoms with E-state index in [9.17, 15) is 4.79 Å². The summed E-state index contributed by atoms with van der Waals surface area (Å²) in [6.45, 7) is 2.27. The summed E-state index contributed by atoms with van der Waals surface area (Å²) in [4.78, 5) is 20.8. The van der Waals surface area contributed by atoms with Crippen LogP contribution in [0.4, 0.5) is 17.8 Å². The third-order valence-corrected chi connectivity index (χ3v) is 4.68. The molecule has 8 heteroatoms. The van der Waals surface area contributed by atoms with Crippen LogP contribution in [0.1, 0.15) is 110 Å². The van der Waals surface area contributed by atoms with Crippen LogP contribution in [0.3, 0.4) is 0 Å². The summed E-state index contributed by atoms with van der Waals surface area (Å²) in [6.07, 6.45) is 20.2. The molecule has 0 spiro atoms. The van der Waals surface area contributed by atoms with Gasteiger partial charge in [-0.25, -0.2) is 0 Å². The number of carbonyl (C=O) groups is 1. The molecule has 8 nitrogen and oxygen atoms in total. The molecule has 0 aromatic carbocycles. The lowest BCUT2D eigenvalue weighted by Crippen LogP contribution is -2.05. The van der Waals surface area contributed by atoms with Crippen LogP contribution >= 0.6 is 0 Å². The van der Waals surface area contributed by atoms with E-state index in [1.54, 1.807) is 0 Å². The summed E-state index contributed by atoms with van der Waals surface area (Å²) >= 11 is 0. The predicted molar refractivity (Wildman–Crippen MR) is 120 cm³/mol. The Kier molecular flexibility index (Phi) is 17.8. The molecule has 0 radical (unpaired) electrons. The molecule has 0 fully saturated rings. The third-order valence-electron chi connectivity index (χ3n) is 4.68. The van der Waals surface area contributed by atoms with Gasteiger partial charge in [-0.05, 0) is 6.42 Å². The summed E-state index contributed by atoms with van der Waals surface area (Å²) in [5.41, 5.74) is 15.4. The number of aliphatic carboxylic acids is 1. The lowest BCUT2D eigenvalue weighted by Gasteiger charge is -2.03. The molecule has 1 aromatic rings. The molecule has 0 saturated carbocycles. The molecular formula is C21H42N6O2. The molecule has 1 heterocycles. The van der Waals surface area contributed by atoms with Gasteiger partial charge in [-0.3, -0.25) is 4.79 Å². The van der Waals surface area contributed by atoms with Crippen molar-refractivity contribution >= 4 is 23.8 Å². The van der Waals surface area contributed by atoms with Gasteiger partial charge in [0, 0.05) is 6.42 Å². The Morgan fingerprint density at radius 3 is 1.17 bits per heavy atom. The van der Waals surface area contributed by atoms with E-state index in [2.05, 4.69) is 21.9 Å². The van der Waals surface area contributed by atoms with Crippen LogP contribution in [0.2, 0.25) is 0 Å². The smallest absolute Gasteiger partial charge is 0.303 e. The largest absolute Gasteiger partial charge is 0.481 e. The number of nitrogens with zero attached hydrogens (tertiary/aromatic N) is 3. The van der Waals surface area contributed by atoms with Crippen LogP contribution in [0.25, 0.3) is 0 Å². The molecule has 0 saturated heterocycles. The fraction of sp³-hybridized carbons (Fsp3) is 0.810. The van der Waals surface area contributed by atoms with E-state index < -0.39 is 5.97 Å². The van der Waals surface area contributed by atoms with Gasteiger partial charge in [-0.2, -0.15) is 15.0 Å². The number of hydrogen-bond acceptors (Lipinski definition) is 7. The molecule has 1 rings (SSSR count). The summed E-state index contributed by atoms with van der Waals surface area (Å²) in [7, 11) is 0. The highest BCUT2D eigenvalue weighted by molar-refractivity contribution is 5.66. The zero-order valence-electron chi connectivity index (χ0n) is 18.2. The van der Waals surface area contributed by atoms with Crippen molar-refractivity contribution in [3.63, 3.8) is 0 Å². The van der Waals surface area contributed by atoms with E-state index in [0.29, 0.717) is 6.42 Å². The highest BCUT2D eigenvalue weighted by Crippen LogP contribution is 2.13. The fourth-order valence-electron chi connectivity index (χ4n) is 3.07. The lowest BCUT2D eigenvalue weighted by molar-refractivity contribution is -0.137. The van der Waals surface area contributed by atoms with Gasteiger partial charge in [0.05, 0.1) is 0 Å². The van der Waals surface area contributed by atoms with Gasteiger partial charge >= 0.3 is 5.97 Å².